The highest BCUT2D eigenvalue weighted by Gasteiger charge is 2.14. The van der Waals surface area contributed by atoms with Crippen molar-refractivity contribution in [1.82, 2.24) is 14.9 Å². The molecule has 0 radical (unpaired) electrons. The molecule has 0 fully saturated rings. The summed E-state index contributed by atoms with van der Waals surface area (Å²) in [5, 5.41) is 12.5. The monoisotopic (exact) mass is 457 g/mol. The molecular formula is C25H39N5O3. The number of rotatable bonds is 14. The molecule has 1 atom stereocenters. The number of aliphatic hydroxyl groups is 1. The van der Waals surface area contributed by atoms with Crippen molar-refractivity contribution < 1.29 is 14.6 Å². The van der Waals surface area contributed by atoms with E-state index >= 15 is 0 Å². The molecule has 0 aliphatic heterocycles. The van der Waals surface area contributed by atoms with Gasteiger partial charge in [0, 0.05) is 30.3 Å². The Morgan fingerprint density at radius 2 is 1.85 bits per heavy atom. The van der Waals surface area contributed by atoms with Crippen LogP contribution in [0.1, 0.15) is 55.0 Å². The number of ether oxygens (including phenoxy) is 1. The molecule has 1 aromatic carbocycles. The number of nitrogens with one attached hydrogen (secondary N) is 1. The number of anilines is 2. The molecule has 8 heteroatoms. The Morgan fingerprint density at radius 3 is 2.52 bits per heavy atom. The van der Waals surface area contributed by atoms with Gasteiger partial charge in [0.2, 0.25) is 5.95 Å². The number of hydrogen-bond donors (Lipinski definition) is 3. The van der Waals surface area contributed by atoms with Crippen molar-refractivity contribution in [3.8, 4) is 0 Å². The van der Waals surface area contributed by atoms with E-state index in [1.54, 1.807) is 0 Å². The lowest BCUT2D eigenvalue weighted by molar-refractivity contribution is -0.142. The standard InChI is InChI=1S/C25H39N5O3/c1-18(8-7-14-31)27-24-22(19(2)28-25(26)29-24)16-20-9-11-21(12-10-20)17-23(32)33-15-6-5-13-30(3)4/h9-12,18,31H,5-8,13-17H2,1-4H3,(H3,26,27,28,29). The summed E-state index contributed by atoms with van der Waals surface area (Å²) in [6, 6.07) is 8.13. The average Bonchev–Trinajstić information content (AvgIpc) is 2.75. The van der Waals surface area contributed by atoms with E-state index in [0.29, 0.717) is 13.0 Å². The molecule has 0 amide bonds. The van der Waals surface area contributed by atoms with Gasteiger partial charge in [0.15, 0.2) is 0 Å². The summed E-state index contributed by atoms with van der Waals surface area (Å²) in [7, 11) is 4.07. The van der Waals surface area contributed by atoms with E-state index < -0.39 is 0 Å². The van der Waals surface area contributed by atoms with E-state index in [1.807, 2.05) is 45.3 Å². The van der Waals surface area contributed by atoms with E-state index in [2.05, 4.69) is 27.1 Å². The van der Waals surface area contributed by atoms with Gasteiger partial charge in [-0.25, -0.2) is 4.98 Å². The van der Waals surface area contributed by atoms with Gasteiger partial charge < -0.3 is 25.8 Å². The molecule has 4 N–H and O–H groups in total. The van der Waals surface area contributed by atoms with Crippen LogP contribution in [-0.2, 0) is 22.4 Å². The van der Waals surface area contributed by atoms with Gasteiger partial charge in [-0.1, -0.05) is 24.3 Å². The molecular weight excluding hydrogens is 418 g/mol. The Labute approximate surface area is 197 Å². The van der Waals surface area contributed by atoms with Gasteiger partial charge in [-0.15, -0.1) is 0 Å². The van der Waals surface area contributed by atoms with Crippen LogP contribution in [0.15, 0.2) is 24.3 Å². The van der Waals surface area contributed by atoms with Crippen LogP contribution >= 0.6 is 0 Å². The van der Waals surface area contributed by atoms with Crippen molar-refractivity contribution in [3.05, 3.63) is 46.6 Å². The molecule has 2 aromatic rings. The molecule has 1 unspecified atom stereocenters. The van der Waals surface area contributed by atoms with Gasteiger partial charge in [0.25, 0.3) is 0 Å². The van der Waals surface area contributed by atoms with Crippen LogP contribution < -0.4 is 11.1 Å². The van der Waals surface area contributed by atoms with Crippen molar-refractivity contribution in [2.75, 3.05) is 44.9 Å². The Bertz CT molecular complexity index is 871. The zero-order valence-electron chi connectivity index (χ0n) is 20.4. The first kappa shape index (κ1) is 26.5. The topological polar surface area (TPSA) is 114 Å². The molecule has 0 bridgehead atoms. The number of nitrogens with zero attached hydrogens (tertiary/aromatic N) is 3. The first-order chi connectivity index (χ1) is 15.8. The summed E-state index contributed by atoms with van der Waals surface area (Å²) in [6.07, 6.45) is 4.37. The van der Waals surface area contributed by atoms with Crippen molar-refractivity contribution in [2.24, 2.45) is 0 Å². The van der Waals surface area contributed by atoms with E-state index in [9.17, 15) is 4.79 Å². The van der Waals surface area contributed by atoms with Gasteiger partial charge in [-0.05, 0) is 71.3 Å². The minimum Gasteiger partial charge on any atom is -0.465 e. The maximum atomic E-state index is 12.1. The first-order valence-electron chi connectivity index (χ1n) is 11.7. The molecule has 0 aliphatic rings. The number of aryl methyl sites for hydroxylation is 1. The maximum absolute atomic E-state index is 12.1. The molecule has 0 saturated carbocycles. The number of nitrogens with two attached hydrogens (primary N) is 1. The second-order valence-corrected chi connectivity index (χ2v) is 8.81. The predicted octanol–water partition coefficient (Wildman–Crippen LogP) is 2.96. The first-order valence-corrected chi connectivity index (χ1v) is 11.7. The Balaban J connectivity index is 1.95. The number of aliphatic hydroxyl groups excluding tert-OH is 1. The summed E-state index contributed by atoms with van der Waals surface area (Å²) in [4.78, 5) is 23.0. The van der Waals surface area contributed by atoms with Crippen LogP contribution in [-0.4, -0.2) is 65.8 Å². The zero-order chi connectivity index (χ0) is 24.2. The predicted molar refractivity (Wildman–Crippen MR) is 132 cm³/mol. The second kappa shape index (κ2) is 13.7. The number of carbonyl (C=O) groups is 1. The van der Waals surface area contributed by atoms with Crippen LogP contribution in [0.25, 0.3) is 0 Å². The minimum atomic E-state index is -0.196. The van der Waals surface area contributed by atoms with Gasteiger partial charge in [0.1, 0.15) is 5.82 Å². The summed E-state index contributed by atoms with van der Waals surface area (Å²) in [6.45, 7) is 5.62. The third-order valence-electron chi connectivity index (χ3n) is 5.42. The van der Waals surface area contributed by atoms with Crippen molar-refractivity contribution in [3.63, 3.8) is 0 Å². The number of esters is 1. The van der Waals surface area contributed by atoms with Gasteiger partial charge in [-0.2, -0.15) is 4.98 Å². The Morgan fingerprint density at radius 1 is 1.15 bits per heavy atom. The molecule has 0 spiro atoms. The van der Waals surface area contributed by atoms with E-state index in [-0.39, 0.29) is 31.0 Å². The van der Waals surface area contributed by atoms with Gasteiger partial charge >= 0.3 is 5.97 Å². The Kier molecular flexibility index (Phi) is 11.1. The largest absolute Gasteiger partial charge is 0.465 e. The van der Waals surface area contributed by atoms with Crippen LogP contribution in [0, 0.1) is 6.92 Å². The molecule has 8 nitrogen and oxygen atoms in total. The fourth-order valence-electron chi connectivity index (χ4n) is 3.56. The fourth-order valence-corrected chi connectivity index (χ4v) is 3.56. The molecule has 1 heterocycles. The average molecular weight is 458 g/mol. The smallest absolute Gasteiger partial charge is 0.310 e. The highest BCUT2D eigenvalue weighted by atomic mass is 16.5. The third-order valence-corrected chi connectivity index (χ3v) is 5.42. The highest BCUT2D eigenvalue weighted by molar-refractivity contribution is 5.72. The number of nitrogen functional groups attached to an aromatic ring is 1. The van der Waals surface area contributed by atoms with E-state index in [0.717, 1.165) is 60.4 Å². The summed E-state index contributed by atoms with van der Waals surface area (Å²) in [5.74, 6) is 0.773. The van der Waals surface area contributed by atoms with Crippen LogP contribution in [0.4, 0.5) is 11.8 Å². The van der Waals surface area contributed by atoms with Crippen molar-refractivity contribution >= 4 is 17.7 Å². The fraction of sp³-hybridized carbons (Fsp3) is 0.560. The molecule has 0 aliphatic carbocycles. The molecule has 33 heavy (non-hydrogen) atoms. The number of benzene rings is 1. The SMILES string of the molecule is Cc1nc(N)nc(NC(C)CCCO)c1Cc1ccc(CC(=O)OCCCCN(C)C)cc1. The minimum absolute atomic E-state index is 0.154. The summed E-state index contributed by atoms with van der Waals surface area (Å²) in [5.41, 5.74) is 9.73. The molecule has 2 rings (SSSR count). The lowest BCUT2D eigenvalue weighted by atomic mass is 10.0. The third kappa shape index (κ3) is 9.75. The normalized spacial score (nSPS) is 12.1. The zero-order valence-corrected chi connectivity index (χ0v) is 20.4. The second-order valence-electron chi connectivity index (χ2n) is 8.81. The van der Waals surface area contributed by atoms with E-state index in [4.69, 9.17) is 15.6 Å². The van der Waals surface area contributed by atoms with Gasteiger partial charge in [-0.3, -0.25) is 4.79 Å². The quantitative estimate of drug-likeness (QED) is 0.293. The summed E-state index contributed by atoms with van der Waals surface area (Å²) >= 11 is 0. The van der Waals surface area contributed by atoms with Crippen molar-refractivity contribution in [2.45, 2.75) is 58.4 Å². The van der Waals surface area contributed by atoms with Crippen LogP contribution in [0.5, 0.6) is 0 Å². The highest BCUT2D eigenvalue weighted by Crippen LogP contribution is 2.23. The molecule has 1 aromatic heterocycles. The maximum Gasteiger partial charge on any atom is 0.310 e. The number of aromatic nitrogens is 2. The van der Waals surface area contributed by atoms with Crippen LogP contribution in [0.2, 0.25) is 0 Å². The number of hydrogen-bond acceptors (Lipinski definition) is 8. The van der Waals surface area contributed by atoms with Crippen molar-refractivity contribution in [1.29, 1.82) is 0 Å². The lowest BCUT2D eigenvalue weighted by Crippen LogP contribution is -2.19. The lowest BCUT2D eigenvalue weighted by Gasteiger charge is -2.18. The van der Waals surface area contributed by atoms with E-state index in [1.165, 1.54) is 0 Å². The molecule has 182 valence electrons. The van der Waals surface area contributed by atoms with Crippen LogP contribution in [0.3, 0.4) is 0 Å². The number of unbranched alkanes of at least 4 members (excludes halogenated alkanes) is 1. The molecule has 0 saturated heterocycles. The van der Waals surface area contributed by atoms with Gasteiger partial charge in [0.05, 0.1) is 13.0 Å². The summed E-state index contributed by atoms with van der Waals surface area (Å²) < 4.78 is 5.35. The Hall–Kier alpha value is -2.71. The number of carbonyl (C=O) groups excluding carboxylic acids is 1.